The Morgan fingerprint density at radius 3 is 2.75 bits per heavy atom. The minimum absolute atomic E-state index is 0.380. The van der Waals surface area contributed by atoms with E-state index < -0.39 is 6.03 Å². The van der Waals surface area contributed by atoms with Gasteiger partial charge >= 0.3 is 6.03 Å². The highest BCUT2D eigenvalue weighted by Gasteiger charge is 2.09. The number of urea groups is 1. The van der Waals surface area contributed by atoms with E-state index in [0.717, 1.165) is 11.4 Å². The number of halogens is 1. The van der Waals surface area contributed by atoms with Gasteiger partial charge < -0.3 is 5.32 Å². The van der Waals surface area contributed by atoms with Crippen LogP contribution in [0.5, 0.6) is 0 Å². The molecule has 3 rings (SSSR count). The Hall–Kier alpha value is -2.93. The van der Waals surface area contributed by atoms with Gasteiger partial charge in [-0.1, -0.05) is 17.7 Å². The van der Waals surface area contributed by atoms with Crippen LogP contribution in [-0.2, 0) is 0 Å². The SMILES string of the molecule is Cc1c(Cl)cccc1NC(=O)Nc1cc(-n2ccnc2C)ncn1. The second-order valence-corrected chi connectivity index (χ2v) is 5.50. The molecule has 0 bridgehead atoms. The van der Waals surface area contributed by atoms with Crippen LogP contribution in [0.1, 0.15) is 11.4 Å². The summed E-state index contributed by atoms with van der Waals surface area (Å²) in [6, 6.07) is 6.58. The molecule has 0 saturated heterocycles. The summed E-state index contributed by atoms with van der Waals surface area (Å²) >= 11 is 6.05. The average molecular weight is 343 g/mol. The minimum Gasteiger partial charge on any atom is -0.307 e. The number of carbonyl (C=O) groups excluding carboxylic acids is 1. The Morgan fingerprint density at radius 2 is 2.00 bits per heavy atom. The van der Waals surface area contributed by atoms with E-state index in [1.807, 2.05) is 13.8 Å². The molecule has 8 heteroatoms. The molecule has 3 aromatic rings. The smallest absolute Gasteiger partial charge is 0.307 e. The summed E-state index contributed by atoms with van der Waals surface area (Å²) in [5, 5.41) is 6.02. The second kappa shape index (κ2) is 6.67. The van der Waals surface area contributed by atoms with Crippen molar-refractivity contribution in [1.29, 1.82) is 0 Å². The molecule has 0 spiro atoms. The molecule has 7 nitrogen and oxygen atoms in total. The number of benzene rings is 1. The van der Waals surface area contributed by atoms with Crippen LogP contribution in [0.15, 0.2) is 43.0 Å². The summed E-state index contributed by atoms with van der Waals surface area (Å²) in [4.78, 5) is 24.6. The minimum atomic E-state index is -0.410. The number of hydrogen-bond donors (Lipinski definition) is 2. The molecule has 0 fully saturated rings. The summed E-state index contributed by atoms with van der Waals surface area (Å²) in [6.07, 6.45) is 4.85. The lowest BCUT2D eigenvalue weighted by Crippen LogP contribution is -2.21. The van der Waals surface area contributed by atoms with Crippen molar-refractivity contribution in [3.63, 3.8) is 0 Å². The Bertz CT molecular complexity index is 892. The fourth-order valence-electron chi connectivity index (χ4n) is 2.18. The molecule has 122 valence electrons. The third-order valence-electron chi connectivity index (χ3n) is 3.48. The molecule has 0 aliphatic carbocycles. The van der Waals surface area contributed by atoms with E-state index in [0.29, 0.717) is 22.3 Å². The van der Waals surface area contributed by atoms with E-state index in [2.05, 4.69) is 25.6 Å². The van der Waals surface area contributed by atoms with Crippen molar-refractivity contribution >= 4 is 29.1 Å². The van der Waals surface area contributed by atoms with E-state index in [4.69, 9.17) is 11.6 Å². The summed E-state index contributed by atoms with van der Waals surface area (Å²) in [6.45, 7) is 3.70. The number of amides is 2. The van der Waals surface area contributed by atoms with Gasteiger partial charge in [-0.15, -0.1) is 0 Å². The van der Waals surface area contributed by atoms with Crippen LogP contribution >= 0.6 is 11.6 Å². The molecule has 2 N–H and O–H groups in total. The van der Waals surface area contributed by atoms with Gasteiger partial charge in [0.25, 0.3) is 0 Å². The van der Waals surface area contributed by atoms with Gasteiger partial charge in [-0.2, -0.15) is 0 Å². The standard InChI is InChI=1S/C16H15ClN6O/c1-10-12(17)4-3-5-13(10)21-16(24)22-14-8-15(20-9-19-14)23-7-6-18-11(23)2/h3-9H,1-2H3,(H2,19,20,21,22,24). The number of hydrogen-bond acceptors (Lipinski definition) is 4. The van der Waals surface area contributed by atoms with Crippen LogP contribution in [-0.4, -0.2) is 25.6 Å². The van der Waals surface area contributed by atoms with Crippen LogP contribution < -0.4 is 10.6 Å². The van der Waals surface area contributed by atoms with Crippen molar-refractivity contribution < 1.29 is 4.79 Å². The number of nitrogens with one attached hydrogen (secondary N) is 2. The van der Waals surface area contributed by atoms with Crippen molar-refractivity contribution in [2.24, 2.45) is 0 Å². The van der Waals surface area contributed by atoms with Gasteiger partial charge in [0.05, 0.1) is 0 Å². The van der Waals surface area contributed by atoms with E-state index in [-0.39, 0.29) is 0 Å². The van der Waals surface area contributed by atoms with Crippen LogP contribution in [0, 0.1) is 13.8 Å². The van der Waals surface area contributed by atoms with Gasteiger partial charge in [0.2, 0.25) is 0 Å². The first-order valence-corrected chi connectivity index (χ1v) is 7.58. The second-order valence-electron chi connectivity index (χ2n) is 5.10. The zero-order valence-corrected chi connectivity index (χ0v) is 13.9. The predicted molar refractivity (Wildman–Crippen MR) is 92.7 cm³/mol. The molecule has 0 atom stereocenters. The van der Waals surface area contributed by atoms with E-state index in [1.54, 1.807) is 41.2 Å². The molecular formula is C16H15ClN6O. The lowest BCUT2D eigenvalue weighted by molar-refractivity contribution is 0.262. The Labute approximate surface area is 143 Å². The number of imidazole rings is 1. The monoisotopic (exact) mass is 342 g/mol. The predicted octanol–water partition coefficient (Wildman–Crippen LogP) is 3.58. The molecule has 1 aromatic carbocycles. The van der Waals surface area contributed by atoms with Crippen LogP contribution in [0.3, 0.4) is 0 Å². The van der Waals surface area contributed by atoms with E-state index >= 15 is 0 Å². The maximum absolute atomic E-state index is 12.2. The largest absolute Gasteiger partial charge is 0.324 e. The topological polar surface area (TPSA) is 84.7 Å². The van der Waals surface area contributed by atoms with Crippen molar-refractivity contribution in [1.82, 2.24) is 19.5 Å². The molecule has 2 heterocycles. The van der Waals surface area contributed by atoms with Gasteiger partial charge in [0.1, 0.15) is 23.8 Å². The Balaban J connectivity index is 1.75. The van der Waals surface area contributed by atoms with Crippen molar-refractivity contribution in [2.75, 3.05) is 10.6 Å². The summed E-state index contributed by atoms with van der Waals surface area (Å²) in [5.41, 5.74) is 1.44. The fraction of sp³-hybridized carbons (Fsp3) is 0.125. The first kappa shape index (κ1) is 15.9. The Kier molecular flexibility index (Phi) is 4.43. The highest BCUT2D eigenvalue weighted by Crippen LogP contribution is 2.23. The van der Waals surface area contributed by atoms with Gasteiger partial charge in [-0.05, 0) is 31.5 Å². The summed E-state index contributed by atoms with van der Waals surface area (Å²) < 4.78 is 1.80. The first-order valence-electron chi connectivity index (χ1n) is 7.20. The van der Waals surface area contributed by atoms with E-state index in [9.17, 15) is 4.79 Å². The highest BCUT2D eigenvalue weighted by atomic mass is 35.5. The third kappa shape index (κ3) is 3.36. The number of rotatable bonds is 3. The van der Waals surface area contributed by atoms with Gasteiger partial charge in [-0.25, -0.2) is 19.7 Å². The number of nitrogens with zero attached hydrogens (tertiary/aromatic N) is 4. The maximum atomic E-state index is 12.2. The molecule has 0 aliphatic heterocycles. The average Bonchev–Trinajstić information content (AvgIpc) is 2.98. The molecule has 24 heavy (non-hydrogen) atoms. The van der Waals surface area contributed by atoms with Crippen LogP contribution in [0.2, 0.25) is 5.02 Å². The Morgan fingerprint density at radius 1 is 1.17 bits per heavy atom. The zero-order valence-electron chi connectivity index (χ0n) is 13.1. The third-order valence-corrected chi connectivity index (χ3v) is 3.89. The van der Waals surface area contributed by atoms with Crippen molar-refractivity contribution in [2.45, 2.75) is 13.8 Å². The van der Waals surface area contributed by atoms with Gasteiger partial charge in [0, 0.05) is 29.2 Å². The highest BCUT2D eigenvalue weighted by molar-refractivity contribution is 6.31. The van der Waals surface area contributed by atoms with Crippen LogP contribution in [0.25, 0.3) is 5.82 Å². The normalized spacial score (nSPS) is 10.5. The zero-order chi connectivity index (χ0) is 17.1. The molecule has 0 saturated carbocycles. The lowest BCUT2D eigenvalue weighted by Gasteiger charge is -2.11. The van der Waals surface area contributed by atoms with Gasteiger partial charge in [0.15, 0.2) is 0 Å². The van der Waals surface area contributed by atoms with Crippen LogP contribution in [0.4, 0.5) is 16.3 Å². The maximum Gasteiger partial charge on any atom is 0.324 e. The molecule has 2 aromatic heterocycles. The van der Waals surface area contributed by atoms with Gasteiger partial charge in [-0.3, -0.25) is 9.88 Å². The molecule has 0 aliphatic rings. The molecule has 0 unspecified atom stereocenters. The quantitative estimate of drug-likeness (QED) is 0.762. The number of carbonyl (C=O) groups is 1. The fourth-order valence-corrected chi connectivity index (χ4v) is 2.35. The van der Waals surface area contributed by atoms with Crippen molar-refractivity contribution in [3.8, 4) is 5.82 Å². The number of aromatic nitrogens is 4. The first-order chi connectivity index (χ1) is 11.5. The van der Waals surface area contributed by atoms with E-state index in [1.165, 1.54) is 6.33 Å². The number of aryl methyl sites for hydroxylation is 1. The molecular weight excluding hydrogens is 328 g/mol. The molecule has 2 amide bonds. The lowest BCUT2D eigenvalue weighted by atomic mass is 10.2. The summed E-state index contributed by atoms with van der Waals surface area (Å²) in [7, 11) is 0. The molecule has 0 radical (unpaired) electrons. The van der Waals surface area contributed by atoms with Crippen molar-refractivity contribution in [3.05, 3.63) is 59.4 Å². The number of anilines is 2. The summed E-state index contributed by atoms with van der Waals surface area (Å²) in [5.74, 6) is 1.79.